The van der Waals surface area contributed by atoms with Gasteiger partial charge in [-0.3, -0.25) is 0 Å². The smallest absolute Gasteiger partial charge is 0.0791 e. The first-order valence-electron chi connectivity index (χ1n) is 4.12. The number of allylic oxidation sites excluding steroid dienone is 4. The van der Waals surface area contributed by atoms with E-state index in [4.69, 9.17) is 5.11 Å². The van der Waals surface area contributed by atoms with E-state index < -0.39 is 0 Å². The summed E-state index contributed by atoms with van der Waals surface area (Å²) in [5.74, 6) is 0. The van der Waals surface area contributed by atoms with Crippen molar-refractivity contribution >= 4 is 6.08 Å². The van der Waals surface area contributed by atoms with Crippen molar-refractivity contribution in [1.82, 2.24) is 0 Å². The van der Waals surface area contributed by atoms with E-state index in [0.29, 0.717) is 0 Å². The maximum Gasteiger partial charge on any atom is 0.0791 e. The van der Waals surface area contributed by atoms with Crippen LogP contribution in [0.4, 0.5) is 0 Å². The molecule has 0 unspecified atom stereocenters. The molecule has 1 nitrogen and oxygen atoms in total. The minimum absolute atomic E-state index is 1.01. The summed E-state index contributed by atoms with van der Waals surface area (Å²) in [6, 6.07) is 10.0. The summed E-state index contributed by atoms with van der Waals surface area (Å²) in [4.78, 5) is 0. The summed E-state index contributed by atoms with van der Waals surface area (Å²) in [7, 11) is 0. The molecular weight excluding hydrogens is 160 g/mol. The summed E-state index contributed by atoms with van der Waals surface area (Å²) >= 11 is 0. The van der Waals surface area contributed by atoms with E-state index in [1.165, 1.54) is 5.56 Å². The van der Waals surface area contributed by atoms with Gasteiger partial charge < -0.3 is 5.11 Å². The minimum Gasteiger partial charge on any atom is -0.516 e. The van der Waals surface area contributed by atoms with Gasteiger partial charge in [0.25, 0.3) is 0 Å². The quantitative estimate of drug-likeness (QED) is 0.547. The van der Waals surface area contributed by atoms with Gasteiger partial charge in [0.15, 0.2) is 0 Å². The molecule has 0 aromatic heterocycles. The zero-order valence-corrected chi connectivity index (χ0v) is 7.30. The predicted molar refractivity (Wildman–Crippen MR) is 56.4 cm³/mol. The minimum atomic E-state index is 1.01. The van der Waals surface area contributed by atoms with Crippen LogP contribution in [0.15, 0.2) is 60.9 Å². The molecule has 0 aliphatic heterocycles. The predicted octanol–water partition coefficient (Wildman–Crippen LogP) is 3.33. The highest BCUT2D eigenvalue weighted by molar-refractivity contribution is 5.50. The first-order chi connectivity index (χ1) is 6.43. The van der Waals surface area contributed by atoms with Crippen molar-refractivity contribution in [1.29, 1.82) is 0 Å². The first kappa shape index (κ1) is 9.33. The van der Waals surface area contributed by atoms with Crippen LogP contribution in [0.5, 0.6) is 0 Å². The third-order valence-corrected chi connectivity index (χ3v) is 1.51. The van der Waals surface area contributed by atoms with E-state index in [-0.39, 0.29) is 0 Å². The lowest BCUT2D eigenvalue weighted by Gasteiger charge is -1.87. The lowest BCUT2D eigenvalue weighted by Crippen LogP contribution is -1.66. The molecule has 0 atom stereocenters. The molecule has 0 aliphatic rings. The van der Waals surface area contributed by atoms with Crippen LogP contribution in [0.25, 0.3) is 6.08 Å². The molecule has 1 N–H and O–H groups in total. The highest BCUT2D eigenvalue weighted by atomic mass is 16.2. The molecule has 0 aliphatic carbocycles. The number of aliphatic hydroxyl groups is 1. The standard InChI is InChI=1S/C12H12O/c13-11-7-2-1-4-8-12-9-5-3-6-10-12/h1-11,13H. The van der Waals surface area contributed by atoms with Crippen LogP contribution in [-0.2, 0) is 0 Å². The molecule has 0 saturated heterocycles. The first-order valence-corrected chi connectivity index (χ1v) is 4.12. The van der Waals surface area contributed by atoms with Crippen LogP contribution in [0.2, 0.25) is 0 Å². The van der Waals surface area contributed by atoms with E-state index >= 15 is 0 Å². The molecule has 13 heavy (non-hydrogen) atoms. The maximum atomic E-state index is 8.33. The monoisotopic (exact) mass is 172 g/mol. The molecule has 0 bridgehead atoms. The average molecular weight is 172 g/mol. The van der Waals surface area contributed by atoms with Crippen LogP contribution in [0, 0.1) is 0 Å². The van der Waals surface area contributed by atoms with Gasteiger partial charge in [-0.1, -0.05) is 54.6 Å². The van der Waals surface area contributed by atoms with Gasteiger partial charge in [-0.05, 0) is 11.6 Å². The number of hydrogen-bond acceptors (Lipinski definition) is 1. The van der Waals surface area contributed by atoms with Gasteiger partial charge in [0.05, 0.1) is 6.26 Å². The normalized spacial score (nSPS) is 12.0. The van der Waals surface area contributed by atoms with E-state index in [0.717, 1.165) is 6.26 Å². The second-order valence-corrected chi connectivity index (χ2v) is 2.50. The number of hydrogen-bond donors (Lipinski definition) is 1. The Kier molecular flexibility index (Phi) is 4.19. The molecular formula is C12H12O. The fourth-order valence-corrected chi connectivity index (χ4v) is 0.909. The third-order valence-electron chi connectivity index (χ3n) is 1.51. The van der Waals surface area contributed by atoms with Crippen molar-refractivity contribution in [3.05, 3.63) is 66.5 Å². The van der Waals surface area contributed by atoms with E-state index in [1.807, 2.05) is 48.6 Å². The summed E-state index contributed by atoms with van der Waals surface area (Å²) in [6.45, 7) is 0. The summed E-state index contributed by atoms with van der Waals surface area (Å²) in [6.07, 6.45) is 10.1. The second-order valence-electron chi connectivity index (χ2n) is 2.50. The zero-order valence-electron chi connectivity index (χ0n) is 7.30. The SMILES string of the molecule is OC=CC=CC=Cc1ccccc1. The summed E-state index contributed by atoms with van der Waals surface area (Å²) in [5.41, 5.74) is 1.17. The summed E-state index contributed by atoms with van der Waals surface area (Å²) in [5, 5.41) is 8.33. The highest BCUT2D eigenvalue weighted by Gasteiger charge is 1.78. The Balaban J connectivity index is 2.50. The van der Waals surface area contributed by atoms with E-state index in [1.54, 1.807) is 12.2 Å². The number of aliphatic hydroxyl groups excluding tert-OH is 1. The topological polar surface area (TPSA) is 20.2 Å². The van der Waals surface area contributed by atoms with Crippen molar-refractivity contribution in [2.45, 2.75) is 0 Å². The molecule has 0 fully saturated rings. The van der Waals surface area contributed by atoms with Gasteiger partial charge in [0, 0.05) is 0 Å². The molecule has 0 spiro atoms. The lowest BCUT2D eigenvalue weighted by atomic mass is 10.2. The number of benzene rings is 1. The van der Waals surface area contributed by atoms with Gasteiger partial charge in [0.2, 0.25) is 0 Å². The van der Waals surface area contributed by atoms with Gasteiger partial charge >= 0.3 is 0 Å². The molecule has 0 radical (unpaired) electrons. The van der Waals surface area contributed by atoms with Crippen molar-refractivity contribution in [2.75, 3.05) is 0 Å². The zero-order chi connectivity index (χ0) is 9.36. The van der Waals surface area contributed by atoms with Crippen LogP contribution in [0.3, 0.4) is 0 Å². The van der Waals surface area contributed by atoms with E-state index in [2.05, 4.69) is 0 Å². The fourth-order valence-electron chi connectivity index (χ4n) is 0.909. The molecule has 66 valence electrons. The third kappa shape index (κ3) is 3.97. The fraction of sp³-hybridized carbons (Fsp3) is 0. The van der Waals surface area contributed by atoms with Crippen molar-refractivity contribution < 1.29 is 5.11 Å². The van der Waals surface area contributed by atoms with Crippen molar-refractivity contribution in [3.8, 4) is 0 Å². The second kappa shape index (κ2) is 5.84. The molecule has 1 aromatic rings. The van der Waals surface area contributed by atoms with Gasteiger partial charge in [-0.25, -0.2) is 0 Å². The Morgan fingerprint density at radius 2 is 1.54 bits per heavy atom. The Morgan fingerprint density at radius 3 is 2.23 bits per heavy atom. The van der Waals surface area contributed by atoms with Gasteiger partial charge in [-0.2, -0.15) is 0 Å². The summed E-state index contributed by atoms with van der Waals surface area (Å²) < 4.78 is 0. The van der Waals surface area contributed by atoms with Crippen molar-refractivity contribution in [2.24, 2.45) is 0 Å². The Morgan fingerprint density at radius 1 is 0.846 bits per heavy atom. The van der Waals surface area contributed by atoms with Gasteiger partial charge in [0.1, 0.15) is 0 Å². The van der Waals surface area contributed by atoms with Crippen LogP contribution < -0.4 is 0 Å². The molecule has 1 heteroatoms. The molecule has 0 amide bonds. The van der Waals surface area contributed by atoms with Gasteiger partial charge in [-0.15, -0.1) is 0 Å². The number of rotatable bonds is 3. The molecule has 0 heterocycles. The molecule has 1 aromatic carbocycles. The maximum absolute atomic E-state index is 8.33. The van der Waals surface area contributed by atoms with Crippen molar-refractivity contribution in [3.63, 3.8) is 0 Å². The average Bonchev–Trinajstić information content (AvgIpc) is 2.19. The van der Waals surface area contributed by atoms with E-state index in [9.17, 15) is 0 Å². The Hall–Kier alpha value is -1.76. The molecule has 1 rings (SSSR count). The Labute approximate surface area is 78.3 Å². The van der Waals surface area contributed by atoms with Crippen LogP contribution in [-0.4, -0.2) is 5.11 Å². The van der Waals surface area contributed by atoms with Crippen LogP contribution in [0.1, 0.15) is 5.56 Å². The Bertz CT molecular complexity index is 307. The molecule has 0 saturated carbocycles. The highest BCUT2D eigenvalue weighted by Crippen LogP contribution is 2.00. The lowest BCUT2D eigenvalue weighted by molar-refractivity contribution is 0.474. The largest absolute Gasteiger partial charge is 0.516 e. The van der Waals surface area contributed by atoms with Crippen LogP contribution >= 0.6 is 0 Å².